The van der Waals surface area contributed by atoms with Crippen molar-refractivity contribution in [2.45, 2.75) is 11.8 Å². The van der Waals surface area contributed by atoms with Crippen molar-refractivity contribution in [3.05, 3.63) is 82.3 Å². The number of hydrogen-bond acceptors (Lipinski definition) is 4. The van der Waals surface area contributed by atoms with Gasteiger partial charge in [-0.3, -0.25) is 9.52 Å². The maximum Gasteiger partial charge on any atom is 0.262 e. The fourth-order valence-electron chi connectivity index (χ4n) is 2.48. The molecule has 0 aromatic heterocycles. The Morgan fingerprint density at radius 3 is 2.20 bits per heavy atom. The minimum absolute atomic E-state index is 0.0222. The van der Waals surface area contributed by atoms with Gasteiger partial charge in [-0.15, -0.1) is 0 Å². The highest BCUT2D eigenvalue weighted by atomic mass is 35.5. The molecular formula is C21H18Cl2N2O4S. The first-order chi connectivity index (χ1) is 14.2. The summed E-state index contributed by atoms with van der Waals surface area (Å²) in [6.45, 7) is 1.61. The highest BCUT2D eigenvalue weighted by molar-refractivity contribution is 7.92. The summed E-state index contributed by atoms with van der Waals surface area (Å²) in [5, 5.41) is 3.28. The number of rotatable bonds is 7. The Bertz CT molecular complexity index is 1150. The van der Waals surface area contributed by atoms with Crippen molar-refractivity contribution >= 4 is 50.5 Å². The van der Waals surface area contributed by atoms with Gasteiger partial charge in [-0.25, -0.2) is 8.42 Å². The summed E-state index contributed by atoms with van der Waals surface area (Å²) in [5.74, 6) is -0.205. The third-order valence-electron chi connectivity index (χ3n) is 4.00. The van der Waals surface area contributed by atoms with Crippen LogP contribution in [0.5, 0.6) is 5.75 Å². The number of anilines is 2. The van der Waals surface area contributed by atoms with Gasteiger partial charge < -0.3 is 10.1 Å². The maximum atomic E-state index is 12.6. The lowest BCUT2D eigenvalue weighted by molar-refractivity contribution is -0.118. The first-order valence-electron chi connectivity index (χ1n) is 8.80. The van der Waals surface area contributed by atoms with Crippen molar-refractivity contribution < 1.29 is 17.9 Å². The highest BCUT2D eigenvalue weighted by Crippen LogP contribution is 2.28. The minimum Gasteiger partial charge on any atom is -0.482 e. The number of benzene rings is 3. The molecule has 1 amide bonds. The van der Waals surface area contributed by atoms with Crippen molar-refractivity contribution in [3.8, 4) is 5.75 Å². The van der Waals surface area contributed by atoms with Crippen LogP contribution in [0, 0.1) is 6.92 Å². The number of nitrogens with one attached hydrogen (secondary N) is 2. The van der Waals surface area contributed by atoms with E-state index in [1.165, 1.54) is 18.2 Å². The molecule has 0 fully saturated rings. The zero-order chi connectivity index (χ0) is 21.7. The molecular weight excluding hydrogens is 447 g/mol. The van der Waals surface area contributed by atoms with Crippen LogP contribution < -0.4 is 14.8 Å². The summed E-state index contributed by atoms with van der Waals surface area (Å²) in [7, 11) is -3.82. The Morgan fingerprint density at radius 2 is 1.57 bits per heavy atom. The number of sulfonamides is 1. The molecule has 0 aliphatic rings. The van der Waals surface area contributed by atoms with Crippen LogP contribution in [0.2, 0.25) is 10.0 Å². The van der Waals surface area contributed by atoms with Gasteiger partial charge in [-0.05, 0) is 61.5 Å². The van der Waals surface area contributed by atoms with E-state index in [4.69, 9.17) is 27.9 Å². The molecule has 0 unspecified atom stereocenters. The van der Waals surface area contributed by atoms with E-state index in [0.717, 1.165) is 5.56 Å². The van der Waals surface area contributed by atoms with Gasteiger partial charge >= 0.3 is 0 Å². The van der Waals surface area contributed by atoms with E-state index in [2.05, 4.69) is 10.0 Å². The standard InChI is InChI=1S/C21H18Cl2N2O4S/c1-14-2-6-17(7-3-14)25-30(27,28)18-10-11-20(19(23)12-18)29-13-21(26)24-16-8-4-15(22)5-9-16/h2-12,25H,13H2,1H3,(H,24,26). The molecule has 0 bridgehead atoms. The summed E-state index contributed by atoms with van der Waals surface area (Å²) in [4.78, 5) is 12.0. The predicted octanol–water partition coefficient (Wildman–Crippen LogP) is 5.12. The van der Waals surface area contributed by atoms with Gasteiger partial charge in [0, 0.05) is 16.4 Å². The molecule has 3 aromatic rings. The largest absolute Gasteiger partial charge is 0.482 e. The lowest BCUT2D eigenvalue weighted by Crippen LogP contribution is -2.20. The molecule has 0 radical (unpaired) electrons. The van der Waals surface area contributed by atoms with E-state index < -0.39 is 15.9 Å². The second-order valence-electron chi connectivity index (χ2n) is 6.41. The molecule has 0 saturated carbocycles. The van der Waals surface area contributed by atoms with Crippen LogP contribution in [0.1, 0.15) is 5.56 Å². The molecule has 0 atom stereocenters. The van der Waals surface area contributed by atoms with Crippen molar-refractivity contribution in [3.63, 3.8) is 0 Å². The Morgan fingerprint density at radius 1 is 0.933 bits per heavy atom. The third kappa shape index (κ3) is 5.89. The van der Waals surface area contributed by atoms with Crippen LogP contribution in [0.4, 0.5) is 11.4 Å². The summed E-state index contributed by atoms with van der Waals surface area (Å²) in [6, 6.07) is 17.6. The molecule has 156 valence electrons. The van der Waals surface area contributed by atoms with E-state index in [0.29, 0.717) is 16.4 Å². The third-order valence-corrected chi connectivity index (χ3v) is 5.93. The SMILES string of the molecule is Cc1ccc(NS(=O)(=O)c2ccc(OCC(=O)Nc3ccc(Cl)cc3)c(Cl)c2)cc1. The van der Waals surface area contributed by atoms with Crippen LogP contribution in [0.15, 0.2) is 71.6 Å². The van der Waals surface area contributed by atoms with Crippen LogP contribution >= 0.6 is 23.2 Å². The second-order valence-corrected chi connectivity index (χ2v) is 8.93. The first-order valence-corrected chi connectivity index (χ1v) is 11.0. The summed E-state index contributed by atoms with van der Waals surface area (Å²) < 4.78 is 33.0. The molecule has 0 saturated heterocycles. The topological polar surface area (TPSA) is 84.5 Å². The Kier molecular flexibility index (Phi) is 6.87. The molecule has 3 rings (SSSR count). The number of amides is 1. The summed E-state index contributed by atoms with van der Waals surface area (Å²) >= 11 is 12.0. The average molecular weight is 465 g/mol. The van der Waals surface area contributed by atoms with Crippen LogP contribution in [0.3, 0.4) is 0 Å². The van der Waals surface area contributed by atoms with E-state index >= 15 is 0 Å². The van der Waals surface area contributed by atoms with Gasteiger partial charge in [-0.2, -0.15) is 0 Å². The van der Waals surface area contributed by atoms with Gasteiger partial charge in [0.15, 0.2) is 6.61 Å². The normalized spacial score (nSPS) is 11.0. The predicted molar refractivity (Wildman–Crippen MR) is 119 cm³/mol. The molecule has 0 aliphatic heterocycles. The monoisotopic (exact) mass is 464 g/mol. The number of ether oxygens (including phenoxy) is 1. The number of carbonyl (C=O) groups excluding carboxylic acids is 1. The van der Waals surface area contributed by atoms with Gasteiger partial charge in [-0.1, -0.05) is 40.9 Å². The van der Waals surface area contributed by atoms with Crippen LogP contribution in [-0.4, -0.2) is 20.9 Å². The Hall–Kier alpha value is -2.74. The fraction of sp³-hybridized carbons (Fsp3) is 0.0952. The average Bonchev–Trinajstić information content (AvgIpc) is 2.70. The Labute approximate surface area is 184 Å². The van der Waals surface area contributed by atoms with E-state index in [1.807, 2.05) is 6.92 Å². The summed E-state index contributed by atoms with van der Waals surface area (Å²) in [5.41, 5.74) is 2.03. The van der Waals surface area contributed by atoms with Crippen molar-refractivity contribution in [1.29, 1.82) is 0 Å². The second kappa shape index (κ2) is 9.38. The quantitative estimate of drug-likeness (QED) is 0.507. The lowest BCUT2D eigenvalue weighted by atomic mass is 10.2. The van der Waals surface area contributed by atoms with Gasteiger partial charge in [0.25, 0.3) is 15.9 Å². The number of halogens is 2. The van der Waals surface area contributed by atoms with E-state index in [1.54, 1.807) is 48.5 Å². The van der Waals surface area contributed by atoms with Gasteiger partial charge in [0.2, 0.25) is 0 Å². The number of aryl methyl sites for hydroxylation is 1. The van der Waals surface area contributed by atoms with Crippen LogP contribution in [0.25, 0.3) is 0 Å². The lowest BCUT2D eigenvalue weighted by Gasteiger charge is -2.12. The zero-order valence-electron chi connectivity index (χ0n) is 15.9. The molecule has 3 aromatic carbocycles. The van der Waals surface area contributed by atoms with Gasteiger partial charge in [0.1, 0.15) is 5.75 Å². The molecule has 6 nitrogen and oxygen atoms in total. The van der Waals surface area contributed by atoms with Crippen molar-refractivity contribution in [2.75, 3.05) is 16.6 Å². The Balaban J connectivity index is 1.63. The molecule has 30 heavy (non-hydrogen) atoms. The molecule has 9 heteroatoms. The molecule has 0 spiro atoms. The van der Waals surface area contributed by atoms with E-state index in [9.17, 15) is 13.2 Å². The number of hydrogen-bond donors (Lipinski definition) is 2. The number of carbonyl (C=O) groups is 1. The van der Waals surface area contributed by atoms with Crippen molar-refractivity contribution in [1.82, 2.24) is 0 Å². The van der Waals surface area contributed by atoms with Crippen molar-refractivity contribution in [2.24, 2.45) is 0 Å². The molecule has 0 heterocycles. The minimum atomic E-state index is -3.82. The van der Waals surface area contributed by atoms with Gasteiger partial charge in [0.05, 0.1) is 9.92 Å². The first kappa shape index (κ1) is 22.0. The molecule has 0 aliphatic carbocycles. The zero-order valence-corrected chi connectivity index (χ0v) is 18.2. The summed E-state index contributed by atoms with van der Waals surface area (Å²) in [6.07, 6.45) is 0. The molecule has 2 N–H and O–H groups in total. The van der Waals surface area contributed by atoms with E-state index in [-0.39, 0.29) is 22.3 Å². The highest BCUT2D eigenvalue weighted by Gasteiger charge is 2.17. The van der Waals surface area contributed by atoms with Crippen LogP contribution in [-0.2, 0) is 14.8 Å². The maximum absolute atomic E-state index is 12.6. The fourth-order valence-corrected chi connectivity index (χ4v) is 3.99. The smallest absolute Gasteiger partial charge is 0.262 e.